The van der Waals surface area contributed by atoms with E-state index in [1.165, 1.54) is 7.11 Å². The fraction of sp³-hybridized carbons (Fsp3) is 0.938. The molecule has 0 spiro atoms. The maximum absolute atomic E-state index is 11.7. The highest BCUT2D eigenvalue weighted by Gasteiger charge is 2.37. The van der Waals surface area contributed by atoms with Crippen molar-refractivity contribution in [3.8, 4) is 0 Å². The second-order valence-electron chi connectivity index (χ2n) is 7.57. The molecule has 0 unspecified atom stereocenters. The number of carbonyl (C=O) groups is 1. The van der Waals surface area contributed by atoms with Crippen molar-refractivity contribution in [2.45, 2.75) is 67.4 Å². The lowest BCUT2D eigenvalue weighted by molar-refractivity contribution is -0.158. The van der Waals surface area contributed by atoms with E-state index in [-0.39, 0.29) is 11.4 Å². The van der Waals surface area contributed by atoms with Crippen LogP contribution in [0, 0.1) is 22.7 Å². The summed E-state index contributed by atoms with van der Waals surface area (Å²) in [6, 6.07) is 0. The van der Waals surface area contributed by atoms with Gasteiger partial charge in [-0.1, -0.05) is 34.6 Å². The Bertz CT molecular complexity index is 289. The number of esters is 1. The van der Waals surface area contributed by atoms with Crippen molar-refractivity contribution < 1.29 is 14.6 Å². The van der Waals surface area contributed by atoms with Gasteiger partial charge in [0.2, 0.25) is 0 Å². The van der Waals surface area contributed by atoms with Crippen LogP contribution in [0.25, 0.3) is 0 Å². The minimum absolute atomic E-state index is 0.275. The summed E-state index contributed by atoms with van der Waals surface area (Å²) in [6.07, 6.45) is 1.02. The summed E-state index contributed by atoms with van der Waals surface area (Å²) >= 11 is 0. The smallest absolute Gasteiger partial charge is 0.313 e. The highest BCUT2D eigenvalue weighted by molar-refractivity contribution is 5.76. The molecule has 0 radical (unpaired) electrons. The molecule has 0 amide bonds. The van der Waals surface area contributed by atoms with Crippen LogP contribution >= 0.6 is 0 Å². The van der Waals surface area contributed by atoms with Crippen molar-refractivity contribution in [3.05, 3.63) is 0 Å². The summed E-state index contributed by atoms with van der Waals surface area (Å²) in [4.78, 5) is 11.7. The third kappa shape index (κ3) is 5.52. The lowest BCUT2D eigenvalue weighted by Gasteiger charge is -2.33. The Labute approximate surface area is 118 Å². The van der Waals surface area contributed by atoms with Crippen molar-refractivity contribution >= 4 is 5.97 Å². The summed E-state index contributed by atoms with van der Waals surface area (Å²) in [5, 5.41) is 10.3. The van der Waals surface area contributed by atoms with Crippen LogP contribution in [0.2, 0.25) is 0 Å². The zero-order valence-electron chi connectivity index (χ0n) is 13.9. The average Bonchev–Trinajstić information content (AvgIpc) is 2.25. The Morgan fingerprint density at radius 1 is 1.11 bits per heavy atom. The van der Waals surface area contributed by atoms with E-state index >= 15 is 0 Å². The van der Waals surface area contributed by atoms with Gasteiger partial charge in [-0.3, -0.25) is 4.79 Å². The van der Waals surface area contributed by atoms with E-state index in [9.17, 15) is 9.90 Å². The van der Waals surface area contributed by atoms with Gasteiger partial charge in [0.15, 0.2) is 0 Å². The molecule has 0 saturated carbocycles. The maximum Gasteiger partial charge on any atom is 0.313 e. The van der Waals surface area contributed by atoms with Crippen LogP contribution in [-0.2, 0) is 9.53 Å². The predicted octanol–water partition coefficient (Wildman–Crippen LogP) is 3.65. The number of ether oxygens (including phenoxy) is 1. The van der Waals surface area contributed by atoms with Crippen LogP contribution < -0.4 is 0 Å². The Kier molecular flexibility index (Phi) is 6.53. The van der Waals surface area contributed by atoms with E-state index in [0.29, 0.717) is 18.3 Å². The van der Waals surface area contributed by atoms with E-state index in [1.54, 1.807) is 13.8 Å². The molecule has 0 fully saturated rings. The molecular weight excluding hydrogens is 240 g/mol. The van der Waals surface area contributed by atoms with E-state index in [1.807, 2.05) is 0 Å². The van der Waals surface area contributed by atoms with Crippen molar-refractivity contribution in [1.82, 2.24) is 0 Å². The molecule has 0 saturated heterocycles. The molecule has 0 aromatic heterocycles. The quantitative estimate of drug-likeness (QED) is 0.751. The Hall–Kier alpha value is -0.570. The van der Waals surface area contributed by atoms with Gasteiger partial charge in [-0.15, -0.1) is 0 Å². The molecule has 114 valence electrons. The van der Waals surface area contributed by atoms with Crippen LogP contribution in [0.3, 0.4) is 0 Å². The highest BCUT2D eigenvalue weighted by Crippen LogP contribution is 2.34. The molecule has 0 aliphatic carbocycles. The molecule has 0 aliphatic heterocycles. The molecular formula is C16H32O3. The lowest BCUT2D eigenvalue weighted by atomic mass is 9.74. The van der Waals surface area contributed by atoms with Crippen LogP contribution in [0.4, 0.5) is 0 Å². The number of methoxy groups -OCH3 is 1. The van der Waals surface area contributed by atoms with Gasteiger partial charge in [0.05, 0.1) is 18.6 Å². The third-order valence-electron chi connectivity index (χ3n) is 4.40. The Morgan fingerprint density at radius 3 is 1.95 bits per heavy atom. The van der Waals surface area contributed by atoms with Crippen LogP contribution in [-0.4, -0.2) is 24.3 Å². The summed E-state index contributed by atoms with van der Waals surface area (Å²) in [7, 11) is 1.36. The Balaban J connectivity index is 4.49. The van der Waals surface area contributed by atoms with Gasteiger partial charge < -0.3 is 9.84 Å². The van der Waals surface area contributed by atoms with Gasteiger partial charge in [-0.25, -0.2) is 0 Å². The molecule has 3 atom stereocenters. The Morgan fingerprint density at radius 2 is 1.58 bits per heavy atom. The highest BCUT2D eigenvalue weighted by atomic mass is 16.5. The monoisotopic (exact) mass is 272 g/mol. The van der Waals surface area contributed by atoms with Crippen LogP contribution in [0.5, 0.6) is 0 Å². The molecule has 1 N–H and O–H groups in total. The van der Waals surface area contributed by atoms with Crippen molar-refractivity contribution in [2.75, 3.05) is 7.11 Å². The van der Waals surface area contributed by atoms with Gasteiger partial charge in [-0.05, 0) is 43.9 Å². The summed E-state index contributed by atoms with van der Waals surface area (Å²) in [6.45, 7) is 14.6. The van der Waals surface area contributed by atoms with Crippen LogP contribution in [0.1, 0.15) is 61.3 Å². The predicted molar refractivity (Wildman–Crippen MR) is 78.8 cm³/mol. The zero-order chi connectivity index (χ0) is 15.4. The van der Waals surface area contributed by atoms with Gasteiger partial charge in [-0.2, -0.15) is 0 Å². The number of aliphatic hydroxyl groups excluding tert-OH is 1. The van der Waals surface area contributed by atoms with Crippen molar-refractivity contribution in [1.29, 1.82) is 0 Å². The second kappa shape index (κ2) is 6.74. The van der Waals surface area contributed by atoms with E-state index in [2.05, 4.69) is 34.6 Å². The summed E-state index contributed by atoms with van der Waals surface area (Å²) in [5.41, 5.74) is -0.564. The van der Waals surface area contributed by atoms with Crippen molar-refractivity contribution in [3.63, 3.8) is 0 Å². The van der Waals surface area contributed by atoms with Gasteiger partial charge in [0.1, 0.15) is 0 Å². The minimum atomic E-state index is -0.839. The molecule has 0 heterocycles. The summed E-state index contributed by atoms with van der Waals surface area (Å²) in [5.74, 6) is 0.611. The van der Waals surface area contributed by atoms with Gasteiger partial charge >= 0.3 is 5.97 Å². The third-order valence-corrected chi connectivity index (χ3v) is 4.40. The molecule has 3 nitrogen and oxygen atoms in total. The van der Waals surface area contributed by atoms with Gasteiger partial charge in [0.25, 0.3) is 0 Å². The number of rotatable bonds is 6. The largest absolute Gasteiger partial charge is 0.469 e. The first kappa shape index (κ1) is 18.4. The first-order valence-corrected chi connectivity index (χ1v) is 7.19. The maximum atomic E-state index is 11.7. The number of hydrogen-bond acceptors (Lipinski definition) is 3. The van der Waals surface area contributed by atoms with Crippen LogP contribution in [0.15, 0.2) is 0 Å². The zero-order valence-corrected chi connectivity index (χ0v) is 13.9. The van der Waals surface area contributed by atoms with Gasteiger partial charge in [0, 0.05) is 0 Å². The van der Waals surface area contributed by atoms with E-state index < -0.39 is 11.5 Å². The molecule has 0 aromatic rings. The molecule has 0 rings (SSSR count). The van der Waals surface area contributed by atoms with Crippen molar-refractivity contribution in [2.24, 2.45) is 22.7 Å². The fourth-order valence-electron chi connectivity index (χ4n) is 2.13. The molecule has 0 aliphatic rings. The first-order valence-electron chi connectivity index (χ1n) is 7.19. The lowest BCUT2D eigenvalue weighted by Crippen LogP contribution is -2.39. The normalized spacial score (nSPS) is 17.7. The van der Waals surface area contributed by atoms with E-state index in [4.69, 9.17) is 4.74 Å². The molecule has 3 heteroatoms. The molecule has 0 bridgehead atoms. The second-order valence-corrected chi connectivity index (χ2v) is 7.57. The average molecular weight is 272 g/mol. The number of hydrogen-bond donors (Lipinski definition) is 1. The number of carbonyl (C=O) groups excluding carboxylic acids is 1. The SMILES string of the molecule is COC(=O)C(C)(C)[C@@H](O)C[C@H](C)C[C@H](C)C(C)(C)C. The summed E-state index contributed by atoms with van der Waals surface area (Å²) < 4.78 is 4.75. The molecule has 19 heavy (non-hydrogen) atoms. The number of aliphatic hydroxyl groups is 1. The topological polar surface area (TPSA) is 46.5 Å². The first-order chi connectivity index (χ1) is 8.42. The molecule has 0 aromatic carbocycles. The standard InChI is InChI=1S/C16H32O3/c1-11(9-12(2)15(3,4)5)10-13(17)16(6,7)14(18)19-8/h11-13,17H,9-10H2,1-8H3/t11-,12+,13+/m1/s1. The fourth-order valence-corrected chi connectivity index (χ4v) is 2.13. The minimum Gasteiger partial charge on any atom is -0.469 e. The van der Waals surface area contributed by atoms with E-state index in [0.717, 1.165) is 6.42 Å².